The van der Waals surface area contributed by atoms with Crippen molar-refractivity contribution in [2.45, 2.75) is 45.3 Å². The van der Waals surface area contributed by atoms with Crippen LogP contribution in [-0.2, 0) is 10.3 Å². The first-order valence-electron chi connectivity index (χ1n) is 10.7. The monoisotopic (exact) mass is 381 g/mol. The number of nitrogens with zero attached hydrogens (tertiary/aromatic N) is 1. The summed E-state index contributed by atoms with van der Waals surface area (Å²) in [6, 6.07) is 26.6. The number of benzene rings is 3. The zero-order valence-electron chi connectivity index (χ0n) is 17.6. The van der Waals surface area contributed by atoms with Gasteiger partial charge >= 0.3 is 7.05 Å². The largest absolute Gasteiger partial charge is 0.420 e. The zero-order valence-corrected chi connectivity index (χ0v) is 17.6. The SMILES string of the molecule is Cc1cc(C)c(B2OC(c3ccccc3)(c3ccccc3)[C@@H]3CCCN23)c(C)c1. The summed E-state index contributed by atoms with van der Waals surface area (Å²) in [6.45, 7) is 7.73. The van der Waals surface area contributed by atoms with E-state index in [1.165, 1.54) is 39.7 Å². The molecule has 1 atom stereocenters. The second-order valence-electron chi connectivity index (χ2n) is 8.65. The maximum atomic E-state index is 7.20. The van der Waals surface area contributed by atoms with Gasteiger partial charge in [-0.2, -0.15) is 0 Å². The third kappa shape index (κ3) is 2.87. The molecular formula is C26H28BNO. The van der Waals surface area contributed by atoms with E-state index < -0.39 is 5.60 Å². The van der Waals surface area contributed by atoms with E-state index in [1.54, 1.807) is 0 Å². The molecule has 0 amide bonds. The lowest BCUT2D eigenvalue weighted by Gasteiger charge is -2.36. The van der Waals surface area contributed by atoms with Crippen LogP contribution in [0, 0.1) is 20.8 Å². The fourth-order valence-corrected chi connectivity index (χ4v) is 5.69. The third-order valence-corrected chi connectivity index (χ3v) is 6.75. The molecule has 2 saturated heterocycles. The molecule has 0 aliphatic carbocycles. The minimum Gasteiger partial charge on any atom is -0.402 e. The van der Waals surface area contributed by atoms with Crippen LogP contribution in [0.5, 0.6) is 0 Å². The maximum Gasteiger partial charge on any atom is 0.420 e. The highest BCUT2D eigenvalue weighted by atomic mass is 16.5. The molecule has 0 radical (unpaired) electrons. The lowest BCUT2D eigenvalue weighted by molar-refractivity contribution is 0.106. The molecule has 29 heavy (non-hydrogen) atoms. The predicted molar refractivity (Wildman–Crippen MR) is 121 cm³/mol. The molecule has 0 unspecified atom stereocenters. The molecule has 3 aromatic rings. The van der Waals surface area contributed by atoms with Crippen molar-refractivity contribution >= 4 is 12.5 Å². The Bertz CT molecular complexity index is 955. The highest BCUT2D eigenvalue weighted by molar-refractivity contribution is 6.66. The fourth-order valence-electron chi connectivity index (χ4n) is 5.69. The summed E-state index contributed by atoms with van der Waals surface area (Å²) in [5.41, 5.74) is 7.40. The summed E-state index contributed by atoms with van der Waals surface area (Å²) >= 11 is 0. The van der Waals surface area contributed by atoms with E-state index in [1.807, 2.05) is 0 Å². The third-order valence-electron chi connectivity index (χ3n) is 6.75. The van der Waals surface area contributed by atoms with Gasteiger partial charge in [0, 0.05) is 6.04 Å². The minimum atomic E-state index is -0.437. The fraction of sp³-hybridized carbons (Fsp3) is 0.308. The molecular weight excluding hydrogens is 353 g/mol. The molecule has 3 aromatic carbocycles. The van der Waals surface area contributed by atoms with E-state index in [0.717, 1.165) is 13.0 Å². The van der Waals surface area contributed by atoms with E-state index >= 15 is 0 Å². The Balaban J connectivity index is 1.72. The minimum absolute atomic E-state index is 0.0106. The first kappa shape index (κ1) is 18.7. The normalized spacial score (nSPS) is 20.8. The summed E-state index contributed by atoms with van der Waals surface area (Å²) in [6.07, 6.45) is 2.38. The van der Waals surface area contributed by atoms with Crippen LogP contribution in [0.25, 0.3) is 0 Å². The molecule has 0 spiro atoms. The maximum absolute atomic E-state index is 7.20. The molecule has 0 bridgehead atoms. The van der Waals surface area contributed by atoms with Gasteiger partial charge in [-0.3, -0.25) is 0 Å². The Hall–Kier alpha value is -2.36. The molecule has 146 valence electrons. The van der Waals surface area contributed by atoms with Crippen LogP contribution in [-0.4, -0.2) is 24.4 Å². The van der Waals surface area contributed by atoms with Crippen molar-refractivity contribution in [3.8, 4) is 0 Å². The summed E-state index contributed by atoms with van der Waals surface area (Å²) in [5, 5.41) is 0. The highest BCUT2D eigenvalue weighted by Gasteiger charge is 2.59. The van der Waals surface area contributed by atoms with Crippen LogP contribution < -0.4 is 5.46 Å². The van der Waals surface area contributed by atoms with Crippen molar-refractivity contribution in [3.05, 3.63) is 101 Å². The Labute approximate surface area is 174 Å². The smallest absolute Gasteiger partial charge is 0.402 e. The van der Waals surface area contributed by atoms with Crippen molar-refractivity contribution in [1.29, 1.82) is 0 Å². The molecule has 3 heteroatoms. The van der Waals surface area contributed by atoms with Gasteiger partial charge in [-0.15, -0.1) is 0 Å². The first-order chi connectivity index (χ1) is 14.1. The Kier molecular flexibility index (Phi) is 4.61. The van der Waals surface area contributed by atoms with E-state index in [4.69, 9.17) is 4.65 Å². The van der Waals surface area contributed by atoms with E-state index in [-0.39, 0.29) is 7.05 Å². The van der Waals surface area contributed by atoms with Gasteiger partial charge in [0.15, 0.2) is 0 Å². The van der Waals surface area contributed by atoms with Crippen LogP contribution in [0.1, 0.15) is 40.7 Å². The van der Waals surface area contributed by atoms with E-state index in [0.29, 0.717) is 6.04 Å². The molecule has 2 heterocycles. The van der Waals surface area contributed by atoms with Crippen LogP contribution in [0.3, 0.4) is 0 Å². The second-order valence-corrected chi connectivity index (χ2v) is 8.65. The van der Waals surface area contributed by atoms with Gasteiger partial charge < -0.3 is 9.47 Å². The standard InChI is InChI=1S/C26H28BNO/c1-19-17-20(2)25(21(3)18-19)27-28-16-10-15-24(28)26(29-27,22-11-6-4-7-12-22)23-13-8-5-9-14-23/h4-9,11-14,17-18,24H,10,15-16H2,1-3H3/t24-/m0/s1. The number of aryl methyl sites for hydroxylation is 3. The molecule has 2 nitrogen and oxygen atoms in total. The molecule has 2 aliphatic rings. The van der Waals surface area contributed by atoms with Gasteiger partial charge in [0.2, 0.25) is 0 Å². The van der Waals surface area contributed by atoms with Crippen molar-refractivity contribution in [2.24, 2.45) is 0 Å². The van der Waals surface area contributed by atoms with Crippen LogP contribution >= 0.6 is 0 Å². The van der Waals surface area contributed by atoms with E-state index in [9.17, 15) is 0 Å². The lowest BCUT2D eigenvalue weighted by atomic mass is 9.67. The molecule has 2 fully saturated rings. The zero-order chi connectivity index (χ0) is 20.0. The van der Waals surface area contributed by atoms with Gasteiger partial charge in [-0.1, -0.05) is 89.5 Å². The number of hydrogen-bond donors (Lipinski definition) is 0. The van der Waals surface area contributed by atoms with Crippen molar-refractivity contribution in [2.75, 3.05) is 6.54 Å². The van der Waals surface area contributed by atoms with Crippen molar-refractivity contribution in [1.82, 2.24) is 4.81 Å². The van der Waals surface area contributed by atoms with E-state index in [2.05, 4.69) is 98.4 Å². The average Bonchev–Trinajstić information content (AvgIpc) is 3.32. The second kappa shape index (κ2) is 7.16. The Morgan fingerprint density at radius 2 is 1.41 bits per heavy atom. The van der Waals surface area contributed by atoms with Crippen LogP contribution in [0.4, 0.5) is 0 Å². The molecule has 0 N–H and O–H groups in total. The van der Waals surface area contributed by atoms with Crippen molar-refractivity contribution in [3.63, 3.8) is 0 Å². The highest BCUT2D eigenvalue weighted by Crippen LogP contribution is 2.49. The molecule has 0 saturated carbocycles. The number of hydrogen-bond acceptors (Lipinski definition) is 2. The Morgan fingerprint density at radius 1 is 0.862 bits per heavy atom. The summed E-state index contributed by atoms with van der Waals surface area (Å²) in [5.74, 6) is 0. The Morgan fingerprint density at radius 3 is 1.97 bits per heavy atom. The van der Waals surface area contributed by atoms with Crippen molar-refractivity contribution < 1.29 is 4.65 Å². The summed E-state index contributed by atoms with van der Waals surface area (Å²) in [7, 11) is -0.0106. The predicted octanol–water partition coefficient (Wildman–Crippen LogP) is 4.75. The number of fused-ring (bicyclic) bond motifs is 1. The molecule has 0 aromatic heterocycles. The van der Waals surface area contributed by atoms with Gasteiger partial charge in [-0.05, 0) is 56.7 Å². The quantitative estimate of drug-likeness (QED) is 0.608. The topological polar surface area (TPSA) is 12.5 Å². The molecule has 2 aliphatic heterocycles. The van der Waals surface area contributed by atoms with Gasteiger partial charge in [0.1, 0.15) is 5.60 Å². The molecule has 5 rings (SSSR count). The van der Waals surface area contributed by atoms with Gasteiger partial charge in [0.25, 0.3) is 0 Å². The van der Waals surface area contributed by atoms with Gasteiger partial charge in [0.05, 0.1) is 0 Å². The summed E-state index contributed by atoms with van der Waals surface area (Å²) < 4.78 is 7.20. The van der Waals surface area contributed by atoms with Crippen LogP contribution in [0.2, 0.25) is 0 Å². The number of rotatable bonds is 3. The van der Waals surface area contributed by atoms with Crippen LogP contribution in [0.15, 0.2) is 72.8 Å². The van der Waals surface area contributed by atoms with Gasteiger partial charge in [-0.25, -0.2) is 0 Å². The summed E-state index contributed by atoms with van der Waals surface area (Å²) in [4.78, 5) is 2.62. The lowest BCUT2D eigenvalue weighted by Crippen LogP contribution is -2.48. The average molecular weight is 381 g/mol. The first-order valence-corrected chi connectivity index (χ1v) is 10.7.